The van der Waals surface area contributed by atoms with Gasteiger partial charge in [0.05, 0.1) is 5.02 Å². The largest absolute Gasteiger partial charge is 0.330 e. The van der Waals surface area contributed by atoms with Gasteiger partial charge in [-0.2, -0.15) is 0 Å². The van der Waals surface area contributed by atoms with Crippen LogP contribution in [0.3, 0.4) is 0 Å². The van der Waals surface area contributed by atoms with Crippen molar-refractivity contribution in [2.24, 2.45) is 11.5 Å². The summed E-state index contributed by atoms with van der Waals surface area (Å²) in [5.74, 6) is -0.424. The highest BCUT2D eigenvalue weighted by Gasteiger charge is 2.12. The second-order valence-corrected chi connectivity index (χ2v) is 3.56. The third-order valence-corrected chi connectivity index (χ3v) is 2.50. The zero-order chi connectivity index (χ0) is 10.6. The summed E-state index contributed by atoms with van der Waals surface area (Å²) >= 11 is 5.78. The first-order valence-corrected chi connectivity index (χ1v) is 4.94. The van der Waals surface area contributed by atoms with Crippen LogP contribution in [0.2, 0.25) is 5.02 Å². The van der Waals surface area contributed by atoms with Crippen LogP contribution in [0, 0.1) is 5.82 Å². The summed E-state index contributed by atoms with van der Waals surface area (Å²) in [4.78, 5) is 0. The van der Waals surface area contributed by atoms with Gasteiger partial charge >= 0.3 is 0 Å². The fourth-order valence-electron chi connectivity index (χ4n) is 1.30. The molecule has 0 aliphatic carbocycles. The van der Waals surface area contributed by atoms with Crippen LogP contribution in [0.5, 0.6) is 0 Å². The lowest BCUT2D eigenvalue weighted by Crippen LogP contribution is -2.13. The van der Waals surface area contributed by atoms with Crippen LogP contribution < -0.4 is 11.5 Å². The van der Waals surface area contributed by atoms with Gasteiger partial charge in [-0.3, -0.25) is 0 Å². The number of halogens is 2. The summed E-state index contributed by atoms with van der Waals surface area (Å²) in [6.07, 6.45) is 1.54. The molecule has 0 radical (unpaired) electrons. The average Bonchev–Trinajstić information content (AvgIpc) is 2.18. The lowest BCUT2D eigenvalue weighted by molar-refractivity contribution is 0.597. The van der Waals surface area contributed by atoms with Crippen LogP contribution in [0.15, 0.2) is 18.2 Å². The van der Waals surface area contributed by atoms with Gasteiger partial charge in [0, 0.05) is 6.04 Å². The number of benzene rings is 1. The van der Waals surface area contributed by atoms with E-state index in [1.165, 1.54) is 6.07 Å². The standard InChI is InChI=1S/C10H14ClFN2/c11-10-7(3-1-4-8(10)12)9(14)5-2-6-13/h1,3-4,9H,2,5-6,13-14H2/t9-/m0/s1. The summed E-state index contributed by atoms with van der Waals surface area (Å²) in [6.45, 7) is 0.584. The van der Waals surface area contributed by atoms with E-state index in [4.69, 9.17) is 23.1 Å². The topological polar surface area (TPSA) is 52.0 Å². The fraction of sp³-hybridized carbons (Fsp3) is 0.400. The van der Waals surface area contributed by atoms with Crippen molar-refractivity contribution in [2.45, 2.75) is 18.9 Å². The number of hydrogen-bond donors (Lipinski definition) is 2. The molecule has 0 spiro atoms. The molecule has 0 amide bonds. The predicted molar refractivity (Wildman–Crippen MR) is 56.6 cm³/mol. The maximum Gasteiger partial charge on any atom is 0.142 e. The van der Waals surface area contributed by atoms with E-state index in [0.29, 0.717) is 12.1 Å². The highest BCUT2D eigenvalue weighted by Crippen LogP contribution is 2.26. The van der Waals surface area contributed by atoms with E-state index < -0.39 is 5.82 Å². The van der Waals surface area contributed by atoms with E-state index in [1.54, 1.807) is 12.1 Å². The number of nitrogens with two attached hydrogens (primary N) is 2. The van der Waals surface area contributed by atoms with Crippen LogP contribution in [-0.2, 0) is 0 Å². The molecule has 14 heavy (non-hydrogen) atoms. The van der Waals surface area contributed by atoms with E-state index in [0.717, 1.165) is 12.8 Å². The first-order chi connectivity index (χ1) is 6.66. The third-order valence-electron chi connectivity index (χ3n) is 2.10. The molecule has 78 valence electrons. The molecule has 1 atom stereocenters. The van der Waals surface area contributed by atoms with Gasteiger partial charge in [0.25, 0.3) is 0 Å². The SMILES string of the molecule is NCCC[C@H](N)c1cccc(F)c1Cl. The summed E-state index contributed by atoms with van der Waals surface area (Å²) in [5, 5.41) is 0.122. The van der Waals surface area contributed by atoms with E-state index in [1.807, 2.05) is 0 Å². The summed E-state index contributed by atoms with van der Waals surface area (Å²) < 4.78 is 13.0. The van der Waals surface area contributed by atoms with Crippen molar-refractivity contribution in [3.63, 3.8) is 0 Å². The fourth-order valence-corrected chi connectivity index (χ4v) is 1.57. The van der Waals surface area contributed by atoms with E-state index in [2.05, 4.69) is 0 Å². The lowest BCUT2D eigenvalue weighted by Gasteiger charge is -2.13. The lowest BCUT2D eigenvalue weighted by atomic mass is 10.0. The molecule has 1 rings (SSSR count). The minimum absolute atomic E-state index is 0.122. The molecule has 4 heteroatoms. The smallest absolute Gasteiger partial charge is 0.142 e. The van der Waals surface area contributed by atoms with Crippen molar-refractivity contribution in [2.75, 3.05) is 6.54 Å². The third kappa shape index (κ3) is 2.67. The highest BCUT2D eigenvalue weighted by atomic mass is 35.5. The quantitative estimate of drug-likeness (QED) is 0.811. The second kappa shape index (κ2) is 5.29. The van der Waals surface area contributed by atoms with Gasteiger partial charge in [0.15, 0.2) is 0 Å². The van der Waals surface area contributed by atoms with Gasteiger partial charge in [-0.15, -0.1) is 0 Å². The molecule has 0 saturated heterocycles. The predicted octanol–water partition coefficient (Wildman–Crippen LogP) is 2.22. The normalized spacial score (nSPS) is 12.9. The zero-order valence-electron chi connectivity index (χ0n) is 7.84. The van der Waals surface area contributed by atoms with Gasteiger partial charge in [-0.25, -0.2) is 4.39 Å². The van der Waals surface area contributed by atoms with Gasteiger partial charge in [-0.1, -0.05) is 23.7 Å². The number of hydrogen-bond acceptors (Lipinski definition) is 2. The molecule has 0 heterocycles. The summed E-state index contributed by atoms with van der Waals surface area (Å²) in [6, 6.07) is 4.44. The van der Waals surface area contributed by atoms with Crippen molar-refractivity contribution in [3.8, 4) is 0 Å². The zero-order valence-corrected chi connectivity index (χ0v) is 8.60. The Balaban J connectivity index is 2.79. The Hall–Kier alpha value is -0.640. The maximum atomic E-state index is 13.0. The molecule has 0 saturated carbocycles. The molecule has 2 nitrogen and oxygen atoms in total. The Morgan fingerprint density at radius 1 is 1.43 bits per heavy atom. The van der Waals surface area contributed by atoms with E-state index in [-0.39, 0.29) is 11.1 Å². The van der Waals surface area contributed by atoms with Crippen molar-refractivity contribution >= 4 is 11.6 Å². The average molecular weight is 217 g/mol. The molecule has 0 aliphatic heterocycles. The van der Waals surface area contributed by atoms with Crippen molar-refractivity contribution < 1.29 is 4.39 Å². The molecule has 0 bridgehead atoms. The van der Waals surface area contributed by atoms with Crippen molar-refractivity contribution in [1.29, 1.82) is 0 Å². The Bertz CT molecular complexity index is 304. The van der Waals surface area contributed by atoms with Gasteiger partial charge in [0.1, 0.15) is 5.82 Å². The molecular formula is C10H14ClFN2. The molecule has 4 N–H and O–H groups in total. The highest BCUT2D eigenvalue weighted by molar-refractivity contribution is 6.31. The van der Waals surface area contributed by atoms with Gasteiger partial charge in [0.2, 0.25) is 0 Å². The van der Waals surface area contributed by atoms with Crippen LogP contribution in [0.4, 0.5) is 4.39 Å². The molecule has 0 aromatic heterocycles. The summed E-state index contributed by atoms with van der Waals surface area (Å²) in [7, 11) is 0. The van der Waals surface area contributed by atoms with Crippen LogP contribution in [-0.4, -0.2) is 6.54 Å². The van der Waals surface area contributed by atoms with E-state index in [9.17, 15) is 4.39 Å². The monoisotopic (exact) mass is 216 g/mol. The van der Waals surface area contributed by atoms with Gasteiger partial charge in [-0.05, 0) is 31.0 Å². The molecule has 0 fully saturated rings. The molecule has 0 unspecified atom stereocenters. The second-order valence-electron chi connectivity index (χ2n) is 3.18. The van der Waals surface area contributed by atoms with Crippen molar-refractivity contribution in [3.05, 3.63) is 34.6 Å². The van der Waals surface area contributed by atoms with Gasteiger partial charge < -0.3 is 11.5 Å². The van der Waals surface area contributed by atoms with Crippen LogP contribution in [0.25, 0.3) is 0 Å². The first kappa shape index (κ1) is 11.4. The van der Waals surface area contributed by atoms with Crippen LogP contribution in [0.1, 0.15) is 24.4 Å². The Labute approximate surface area is 88.0 Å². The van der Waals surface area contributed by atoms with Crippen molar-refractivity contribution in [1.82, 2.24) is 0 Å². The first-order valence-electron chi connectivity index (χ1n) is 4.56. The molecule has 1 aromatic rings. The molecule has 0 aliphatic rings. The Morgan fingerprint density at radius 3 is 2.79 bits per heavy atom. The number of rotatable bonds is 4. The Kier molecular flexibility index (Phi) is 4.32. The minimum atomic E-state index is -0.424. The minimum Gasteiger partial charge on any atom is -0.330 e. The Morgan fingerprint density at radius 2 is 2.14 bits per heavy atom. The van der Waals surface area contributed by atoms with Crippen LogP contribution >= 0.6 is 11.6 Å². The maximum absolute atomic E-state index is 13.0. The molecular weight excluding hydrogens is 203 g/mol. The summed E-state index contributed by atoms with van der Waals surface area (Å²) in [5.41, 5.74) is 11.9. The van der Waals surface area contributed by atoms with E-state index >= 15 is 0 Å². The molecule has 1 aromatic carbocycles.